The number of nitrogens with one attached hydrogen (secondary N) is 1. The van der Waals surface area contributed by atoms with Crippen LogP contribution in [0.1, 0.15) is 31.9 Å². The molecule has 0 amide bonds. The monoisotopic (exact) mass is 246 g/mol. The molecule has 1 aromatic carbocycles. The van der Waals surface area contributed by atoms with Gasteiger partial charge in [0.25, 0.3) is 0 Å². The molecule has 1 aliphatic heterocycles. The molecule has 1 heterocycles. The second-order valence-electron chi connectivity index (χ2n) is 6.56. The summed E-state index contributed by atoms with van der Waals surface area (Å²) in [6.45, 7) is 14.7. The van der Waals surface area contributed by atoms with Crippen molar-refractivity contribution in [1.82, 2.24) is 5.32 Å². The number of hydrogen-bond donors (Lipinski definition) is 1. The fraction of sp³-hybridized carbons (Fsp3) is 0.625. The summed E-state index contributed by atoms with van der Waals surface area (Å²) < 4.78 is 0. The molecule has 1 fully saturated rings. The van der Waals surface area contributed by atoms with Crippen molar-refractivity contribution in [2.75, 3.05) is 24.5 Å². The van der Waals surface area contributed by atoms with Gasteiger partial charge in [-0.2, -0.15) is 0 Å². The Morgan fingerprint density at radius 2 is 2.00 bits per heavy atom. The van der Waals surface area contributed by atoms with Crippen molar-refractivity contribution >= 4 is 5.69 Å². The van der Waals surface area contributed by atoms with Crippen molar-refractivity contribution in [3.8, 4) is 0 Å². The van der Waals surface area contributed by atoms with Crippen molar-refractivity contribution in [3.05, 3.63) is 29.3 Å². The maximum Gasteiger partial charge on any atom is 0.0401 e. The normalized spacial score (nSPS) is 23.8. The molecule has 2 rings (SSSR count). The number of aryl methyl sites for hydroxylation is 2. The van der Waals surface area contributed by atoms with E-state index < -0.39 is 0 Å². The number of anilines is 1. The van der Waals surface area contributed by atoms with Crippen LogP contribution in [0.2, 0.25) is 0 Å². The van der Waals surface area contributed by atoms with Gasteiger partial charge in [-0.3, -0.25) is 0 Å². The molecular weight excluding hydrogens is 220 g/mol. The van der Waals surface area contributed by atoms with Crippen LogP contribution >= 0.6 is 0 Å². The van der Waals surface area contributed by atoms with Crippen molar-refractivity contribution in [2.45, 2.75) is 40.7 Å². The van der Waals surface area contributed by atoms with Gasteiger partial charge in [-0.15, -0.1) is 0 Å². The van der Waals surface area contributed by atoms with Crippen molar-refractivity contribution < 1.29 is 0 Å². The lowest BCUT2D eigenvalue weighted by Crippen LogP contribution is -2.40. The maximum absolute atomic E-state index is 3.58. The van der Waals surface area contributed by atoms with Gasteiger partial charge < -0.3 is 10.2 Å². The smallest absolute Gasteiger partial charge is 0.0401 e. The Hall–Kier alpha value is -1.02. The van der Waals surface area contributed by atoms with Gasteiger partial charge in [0, 0.05) is 31.4 Å². The van der Waals surface area contributed by atoms with Gasteiger partial charge in [0.1, 0.15) is 0 Å². The molecule has 0 aliphatic carbocycles. The summed E-state index contributed by atoms with van der Waals surface area (Å²) in [5.74, 6) is 0. The minimum atomic E-state index is 0.320. The third kappa shape index (κ3) is 2.86. The van der Waals surface area contributed by atoms with Crippen LogP contribution in [0, 0.1) is 19.3 Å². The summed E-state index contributed by atoms with van der Waals surface area (Å²) in [5, 5.41) is 3.58. The summed E-state index contributed by atoms with van der Waals surface area (Å²) in [5.41, 5.74) is 4.45. The summed E-state index contributed by atoms with van der Waals surface area (Å²) in [6.07, 6.45) is 0. The average Bonchev–Trinajstić information content (AvgIpc) is 2.41. The number of nitrogens with zero attached hydrogens (tertiary/aromatic N) is 1. The Kier molecular flexibility index (Phi) is 3.67. The van der Waals surface area contributed by atoms with Crippen LogP contribution in [0.5, 0.6) is 0 Å². The van der Waals surface area contributed by atoms with Gasteiger partial charge in [0.15, 0.2) is 0 Å². The molecule has 1 atom stereocenters. The van der Waals surface area contributed by atoms with E-state index in [2.05, 4.69) is 63.0 Å². The van der Waals surface area contributed by atoms with Gasteiger partial charge in [-0.25, -0.2) is 0 Å². The van der Waals surface area contributed by atoms with E-state index in [1.807, 2.05) is 0 Å². The zero-order valence-electron chi connectivity index (χ0n) is 12.4. The van der Waals surface area contributed by atoms with E-state index in [0.29, 0.717) is 11.5 Å². The van der Waals surface area contributed by atoms with E-state index in [9.17, 15) is 0 Å². The van der Waals surface area contributed by atoms with Gasteiger partial charge in [0.2, 0.25) is 0 Å². The van der Waals surface area contributed by atoms with E-state index in [1.54, 1.807) is 0 Å². The highest BCUT2D eigenvalue weighted by atomic mass is 15.2. The Balaban J connectivity index is 2.36. The predicted molar refractivity (Wildman–Crippen MR) is 79.4 cm³/mol. The van der Waals surface area contributed by atoms with Crippen molar-refractivity contribution in [3.63, 3.8) is 0 Å². The molecule has 100 valence electrons. The van der Waals surface area contributed by atoms with Crippen LogP contribution in [-0.2, 0) is 0 Å². The lowest BCUT2D eigenvalue weighted by atomic mass is 9.92. The van der Waals surface area contributed by atoms with Gasteiger partial charge >= 0.3 is 0 Å². The van der Waals surface area contributed by atoms with Gasteiger partial charge in [-0.05, 0) is 43.4 Å². The molecule has 1 N–H and O–H groups in total. The standard InChI is InChI=1S/C16H26N2/c1-12-6-7-13(2)15(8-12)18-11-16(4,5)10-17-9-14(18)3/h6-8,14,17H,9-11H2,1-5H3. The third-order valence-electron chi connectivity index (χ3n) is 3.85. The first kappa shape index (κ1) is 13.4. The largest absolute Gasteiger partial charge is 0.367 e. The first-order valence-electron chi connectivity index (χ1n) is 6.94. The van der Waals surface area contributed by atoms with Gasteiger partial charge in [-0.1, -0.05) is 26.0 Å². The molecule has 0 saturated carbocycles. The van der Waals surface area contributed by atoms with E-state index in [-0.39, 0.29) is 0 Å². The number of benzene rings is 1. The molecule has 1 aromatic rings. The first-order valence-corrected chi connectivity index (χ1v) is 6.94. The van der Waals surface area contributed by atoms with Gasteiger partial charge in [0.05, 0.1) is 0 Å². The lowest BCUT2D eigenvalue weighted by Gasteiger charge is -2.35. The molecule has 1 unspecified atom stereocenters. The Morgan fingerprint density at radius 1 is 1.28 bits per heavy atom. The summed E-state index contributed by atoms with van der Waals surface area (Å²) in [6, 6.07) is 7.31. The van der Waals surface area contributed by atoms with Crippen LogP contribution in [0.25, 0.3) is 0 Å². The topological polar surface area (TPSA) is 15.3 Å². The fourth-order valence-corrected chi connectivity index (χ4v) is 2.75. The van der Waals surface area contributed by atoms with Crippen molar-refractivity contribution in [2.24, 2.45) is 5.41 Å². The molecule has 1 saturated heterocycles. The molecule has 2 nitrogen and oxygen atoms in total. The van der Waals surface area contributed by atoms with Crippen LogP contribution < -0.4 is 10.2 Å². The molecule has 0 radical (unpaired) electrons. The van der Waals surface area contributed by atoms with Crippen molar-refractivity contribution in [1.29, 1.82) is 0 Å². The highest BCUT2D eigenvalue weighted by Crippen LogP contribution is 2.29. The quantitative estimate of drug-likeness (QED) is 0.819. The molecule has 0 spiro atoms. The van der Waals surface area contributed by atoms with Crippen LogP contribution in [0.4, 0.5) is 5.69 Å². The summed E-state index contributed by atoms with van der Waals surface area (Å²) in [4.78, 5) is 2.57. The zero-order valence-corrected chi connectivity index (χ0v) is 12.4. The minimum absolute atomic E-state index is 0.320. The highest BCUT2D eigenvalue weighted by molar-refractivity contribution is 5.56. The molecule has 2 heteroatoms. The minimum Gasteiger partial charge on any atom is -0.367 e. The zero-order chi connectivity index (χ0) is 13.3. The third-order valence-corrected chi connectivity index (χ3v) is 3.85. The Morgan fingerprint density at radius 3 is 2.72 bits per heavy atom. The number of rotatable bonds is 1. The Bertz CT molecular complexity index is 423. The molecule has 18 heavy (non-hydrogen) atoms. The number of hydrogen-bond acceptors (Lipinski definition) is 2. The second kappa shape index (κ2) is 4.93. The lowest BCUT2D eigenvalue weighted by molar-refractivity contribution is 0.369. The maximum atomic E-state index is 3.58. The highest BCUT2D eigenvalue weighted by Gasteiger charge is 2.28. The second-order valence-corrected chi connectivity index (χ2v) is 6.56. The fourth-order valence-electron chi connectivity index (χ4n) is 2.75. The molecular formula is C16H26N2. The summed E-state index contributed by atoms with van der Waals surface area (Å²) in [7, 11) is 0. The van der Waals surface area contributed by atoms with E-state index >= 15 is 0 Å². The van der Waals surface area contributed by atoms with E-state index in [4.69, 9.17) is 0 Å². The summed E-state index contributed by atoms with van der Waals surface area (Å²) >= 11 is 0. The predicted octanol–water partition coefficient (Wildman–Crippen LogP) is 3.13. The molecule has 0 aromatic heterocycles. The van der Waals surface area contributed by atoms with Crippen LogP contribution in [0.3, 0.4) is 0 Å². The van der Waals surface area contributed by atoms with Crippen LogP contribution in [-0.4, -0.2) is 25.7 Å². The average molecular weight is 246 g/mol. The molecule has 0 bridgehead atoms. The van der Waals surface area contributed by atoms with E-state index in [0.717, 1.165) is 19.6 Å². The first-order chi connectivity index (χ1) is 8.39. The van der Waals surface area contributed by atoms with Crippen LogP contribution in [0.15, 0.2) is 18.2 Å². The van der Waals surface area contributed by atoms with E-state index in [1.165, 1.54) is 16.8 Å². The molecule has 1 aliphatic rings. The SMILES string of the molecule is Cc1ccc(C)c(N2CC(C)(C)CNCC2C)c1. The Labute approximate surface area is 111 Å².